The molecule has 122 valence electrons. The molecule has 9 heteroatoms. The van der Waals surface area contributed by atoms with E-state index in [0.717, 1.165) is 40.3 Å². The van der Waals surface area contributed by atoms with Crippen molar-refractivity contribution in [1.82, 2.24) is 20.3 Å². The number of halogens is 2. The number of nitrogens with one attached hydrogen (secondary N) is 3. The molecule has 0 aliphatic carbocycles. The summed E-state index contributed by atoms with van der Waals surface area (Å²) in [6, 6.07) is 5.34. The van der Waals surface area contributed by atoms with E-state index in [1.54, 1.807) is 23.2 Å². The molecule has 3 heterocycles. The van der Waals surface area contributed by atoms with Crippen molar-refractivity contribution in [3.63, 3.8) is 0 Å². The van der Waals surface area contributed by atoms with E-state index in [1.165, 1.54) is 0 Å². The molecule has 1 atom stereocenters. The van der Waals surface area contributed by atoms with Crippen LogP contribution in [0.5, 0.6) is 0 Å². The predicted molar refractivity (Wildman–Crippen MR) is 95.8 cm³/mol. The summed E-state index contributed by atoms with van der Waals surface area (Å²) in [5, 5.41) is 6.14. The average molecular weight is 372 g/mol. The van der Waals surface area contributed by atoms with Crippen molar-refractivity contribution in [2.24, 2.45) is 0 Å². The SMILES string of the molecule is Cl.Cl.O=C(Nc1ccc2scnc2c1)C1NCCc2[nH]cnc21. The number of hydrogen-bond donors (Lipinski definition) is 3. The highest BCUT2D eigenvalue weighted by Crippen LogP contribution is 2.24. The number of nitrogens with zero attached hydrogens (tertiary/aromatic N) is 2. The summed E-state index contributed by atoms with van der Waals surface area (Å²) in [7, 11) is 0. The van der Waals surface area contributed by atoms with Crippen LogP contribution in [0.1, 0.15) is 17.4 Å². The number of rotatable bonds is 2. The Balaban J connectivity index is 0.000000960. The second-order valence-corrected chi connectivity index (χ2v) is 5.81. The molecule has 23 heavy (non-hydrogen) atoms. The molecular weight excluding hydrogens is 357 g/mol. The van der Waals surface area contributed by atoms with E-state index >= 15 is 0 Å². The number of H-pyrrole nitrogens is 1. The number of aromatic nitrogens is 3. The first-order valence-corrected chi connectivity index (χ1v) is 7.59. The van der Waals surface area contributed by atoms with Crippen LogP contribution in [0.2, 0.25) is 0 Å². The molecule has 1 amide bonds. The molecule has 0 bridgehead atoms. The number of aromatic amines is 1. The molecule has 0 saturated carbocycles. The van der Waals surface area contributed by atoms with Crippen LogP contribution < -0.4 is 10.6 Å². The Morgan fingerprint density at radius 2 is 2.17 bits per heavy atom. The Morgan fingerprint density at radius 1 is 1.30 bits per heavy atom. The number of benzene rings is 1. The molecule has 0 spiro atoms. The summed E-state index contributed by atoms with van der Waals surface area (Å²) >= 11 is 1.58. The van der Waals surface area contributed by atoms with Crippen molar-refractivity contribution in [3.8, 4) is 0 Å². The van der Waals surface area contributed by atoms with Gasteiger partial charge in [0.2, 0.25) is 5.91 Å². The van der Waals surface area contributed by atoms with Crippen molar-refractivity contribution in [2.45, 2.75) is 12.5 Å². The quantitative estimate of drug-likeness (QED) is 0.646. The highest BCUT2D eigenvalue weighted by Gasteiger charge is 2.28. The third-order valence-electron chi connectivity index (χ3n) is 3.61. The maximum atomic E-state index is 12.5. The molecule has 0 radical (unpaired) electrons. The Hall–Kier alpha value is -1.67. The third-order valence-corrected chi connectivity index (χ3v) is 4.42. The number of thiazole rings is 1. The van der Waals surface area contributed by atoms with Crippen LogP contribution in [0, 0.1) is 0 Å². The molecule has 3 N–H and O–H groups in total. The van der Waals surface area contributed by atoms with Gasteiger partial charge in [-0.15, -0.1) is 36.2 Å². The third kappa shape index (κ3) is 3.32. The van der Waals surface area contributed by atoms with Gasteiger partial charge in [0.05, 0.1) is 27.7 Å². The molecule has 1 aliphatic heterocycles. The number of amides is 1. The number of hydrogen-bond acceptors (Lipinski definition) is 5. The van der Waals surface area contributed by atoms with E-state index in [0.29, 0.717) is 0 Å². The lowest BCUT2D eigenvalue weighted by Gasteiger charge is -2.22. The van der Waals surface area contributed by atoms with Gasteiger partial charge in [0.15, 0.2) is 0 Å². The first-order valence-electron chi connectivity index (χ1n) is 6.71. The first-order chi connectivity index (χ1) is 10.3. The van der Waals surface area contributed by atoms with Gasteiger partial charge in [0.25, 0.3) is 0 Å². The second kappa shape index (κ2) is 7.27. The van der Waals surface area contributed by atoms with Crippen LogP contribution in [0.25, 0.3) is 10.2 Å². The number of carbonyl (C=O) groups is 1. The predicted octanol–water partition coefficient (Wildman–Crippen LogP) is 2.69. The molecule has 2 aromatic heterocycles. The zero-order valence-electron chi connectivity index (χ0n) is 11.9. The van der Waals surface area contributed by atoms with Crippen LogP contribution in [0.3, 0.4) is 0 Å². The minimum atomic E-state index is -0.411. The van der Waals surface area contributed by atoms with Gasteiger partial charge in [-0.2, -0.15) is 0 Å². The van der Waals surface area contributed by atoms with Gasteiger partial charge < -0.3 is 15.6 Å². The van der Waals surface area contributed by atoms with Crippen molar-refractivity contribution >= 4 is 58.0 Å². The maximum Gasteiger partial charge on any atom is 0.247 e. The Kier molecular flexibility index (Phi) is 5.59. The average Bonchev–Trinajstić information content (AvgIpc) is 3.14. The highest BCUT2D eigenvalue weighted by atomic mass is 35.5. The Labute approximate surface area is 148 Å². The largest absolute Gasteiger partial charge is 0.348 e. The molecule has 4 rings (SSSR count). The van der Waals surface area contributed by atoms with Gasteiger partial charge >= 0.3 is 0 Å². The van der Waals surface area contributed by atoms with E-state index in [9.17, 15) is 4.79 Å². The fraction of sp³-hybridized carbons (Fsp3) is 0.214. The van der Waals surface area contributed by atoms with E-state index < -0.39 is 6.04 Å². The smallest absolute Gasteiger partial charge is 0.247 e. The molecule has 0 saturated heterocycles. The fourth-order valence-corrected chi connectivity index (χ4v) is 3.24. The van der Waals surface area contributed by atoms with Gasteiger partial charge in [-0.25, -0.2) is 9.97 Å². The van der Waals surface area contributed by atoms with E-state index in [4.69, 9.17) is 0 Å². The van der Waals surface area contributed by atoms with Gasteiger partial charge in [0.1, 0.15) is 6.04 Å². The van der Waals surface area contributed by atoms with Crippen LogP contribution in [0.15, 0.2) is 30.0 Å². The second-order valence-electron chi connectivity index (χ2n) is 4.93. The summed E-state index contributed by atoms with van der Waals surface area (Å²) in [5.74, 6) is -0.0994. The van der Waals surface area contributed by atoms with Crippen molar-refractivity contribution < 1.29 is 4.79 Å². The number of anilines is 1. The van der Waals surface area contributed by atoms with Gasteiger partial charge in [0, 0.05) is 24.3 Å². The number of carbonyl (C=O) groups excluding carboxylic acids is 1. The summed E-state index contributed by atoms with van der Waals surface area (Å²) in [6.07, 6.45) is 2.50. The Morgan fingerprint density at radius 3 is 3.04 bits per heavy atom. The Bertz CT molecular complexity index is 818. The minimum absolute atomic E-state index is 0. The van der Waals surface area contributed by atoms with E-state index in [-0.39, 0.29) is 30.7 Å². The standard InChI is InChI=1S/C14H13N5OS.2ClH/c20-14(13-12-9(3-4-15-13)16-6-17-12)19-8-1-2-11-10(5-8)18-7-21-11;;/h1-2,5-7,13,15H,3-4H2,(H,16,17)(H,19,20);2*1H. The normalized spacial score (nSPS) is 16.1. The van der Waals surface area contributed by atoms with Crippen molar-refractivity contribution in [2.75, 3.05) is 11.9 Å². The lowest BCUT2D eigenvalue weighted by Crippen LogP contribution is -2.38. The van der Waals surface area contributed by atoms with Crippen LogP contribution in [0.4, 0.5) is 5.69 Å². The molecule has 3 aromatic rings. The summed E-state index contributed by atoms with van der Waals surface area (Å²) < 4.78 is 1.11. The summed E-state index contributed by atoms with van der Waals surface area (Å²) in [6.45, 7) is 0.762. The lowest BCUT2D eigenvalue weighted by molar-refractivity contribution is -0.118. The van der Waals surface area contributed by atoms with E-state index in [2.05, 4.69) is 25.6 Å². The number of imidazole rings is 1. The van der Waals surface area contributed by atoms with Crippen molar-refractivity contribution in [1.29, 1.82) is 0 Å². The monoisotopic (exact) mass is 371 g/mol. The van der Waals surface area contributed by atoms with Crippen LogP contribution in [-0.4, -0.2) is 27.4 Å². The van der Waals surface area contributed by atoms with Gasteiger partial charge in [-0.3, -0.25) is 4.79 Å². The zero-order valence-corrected chi connectivity index (χ0v) is 14.4. The summed E-state index contributed by atoms with van der Waals surface area (Å²) in [4.78, 5) is 24.1. The van der Waals surface area contributed by atoms with Crippen LogP contribution in [-0.2, 0) is 11.2 Å². The first kappa shape index (κ1) is 17.7. The van der Waals surface area contributed by atoms with E-state index in [1.807, 2.05) is 18.2 Å². The van der Waals surface area contributed by atoms with Gasteiger partial charge in [-0.05, 0) is 18.2 Å². The fourth-order valence-electron chi connectivity index (χ4n) is 2.59. The molecule has 1 aromatic carbocycles. The maximum absolute atomic E-state index is 12.5. The zero-order chi connectivity index (χ0) is 14.2. The lowest BCUT2D eigenvalue weighted by atomic mass is 10.0. The minimum Gasteiger partial charge on any atom is -0.348 e. The molecule has 1 unspecified atom stereocenters. The molecule has 0 fully saturated rings. The molecule has 6 nitrogen and oxygen atoms in total. The topological polar surface area (TPSA) is 82.7 Å². The molecular formula is C14H15Cl2N5OS. The van der Waals surface area contributed by atoms with Crippen molar-refractivity contribution in [3.05, 3.63) is 41.4 Å². The van der Waals surface area contributed by atoms with Crippen LogP contribution >= 0.6 is 36.2 Å². The summed E-state index contributed by atoms with van der Waals surface area (Å²) in [5.41, 5.74) is 5.27. The molecule has 1 aliphatic rings. The van der Waals surface area contributed by atoms with Gasteiger partial charge in [-0.1, -0.05) is 0 Å². The number of fused-ring (bicyclic) bond motifs is 2. The highest BCUT2D eigenvalue weighted by molar-refractivity contribution is 7.16.